The third-order valence-electron chi connectivity index (χ3n) is 6.80. The number of carbonyl (C=O) groups is 1. The fourth-order valence-corrected chi connectivity index (χ4v) is 7.18. The lowest BCUT2D eigenvalue weighted by molar-refractivity contribution is 0.0775. The van der Waals surface area contributed by atoms with E-state index in [2.05, 4.69) is 15.6 Å². The van der Waals surface area contributed by atoms with Crippen LogP contribution in [0.4, 0.5) is 5.13 Å². The van der Waals surface area contributed by atoms with Crippen molar-refractivity contribution >= 4 is 42.6 Å². The van der Waals surface area contributed by atoms with Crippen LogP contribution in [0, 0.1) is 12.8 Å². The molecule has 0 saturated heterocycles. The Balaban J connectivity index is 1.64. The van der Waals surface area contributed by atoms with Crippen LogP contribution in [0.25, 0.3) is 10.2 Å². The number of sulfonamides is 1. The second kappa shape index (κ2) is 13.0. The molecule has 0 spiro atoms. The van der Waals surface area contributed by atoms with Gasteiger partial charge in [-0.2, -0.15) is 4.31 Å². The number of nitrogens with one attached hydrogen (secondary N) is 2. The van der Waals surface area contributed by atoms with Gasteiger partial charge in [-0.15, -0.1) is 0 Å². The van der Waals surface area contributed by atoms with E-state index in [9.17, 15) is 23.4 Å². The Morgan fingerprint density at radius 2 is 1.78 bits per heavy atom. The van der Waals surface area contributed by atoms with Crippen LogP contribution in [0.1, 0.15) is 35.3 Å². The predicted molar refractivity (Wildman–Crippen MR) is 163 cm³/mol. The van der Waals surface area contributed by atoms with E-state index >= 15 is 0 Å². The molecule has 4 aromatic rings. The first-order valence-electron chi connectivity index (χ1n) is 13.4. The molecule has 0 fully saturated rings. The van der Waals surface area contributed by atoms with Crippen LogP contribution in [-0.2, 0) is 16.4 Å². The van der Waals surface area contributed by atoms with Crippen molar-refractivity contribution in [1.29, 1.82) is 0 Å². The SMILES string of the molecule is CNc1nc2ccc(S(=O)(=O)N(CC(C)C)CC(O)C(Cc3ccccc3)NC(=O)c3cccc(O)c3C)cc2s1. The average molecular weight is 597 g/mol. The molecule has 1 aromatic heterocycles. The molecular weight excluding hydrogens is 560 g/mol. The van der Waals surface area contributed by atoms with Gasteiger partial charge in [0.1, 0.15) is 5.75 Å². The molecule has 9 nitrogen and oxygen atoms in total. The van der Waals surface area contributed by atoms with Gasteiger partial charge in [0, 0.05) is 31.3 Å². The Morgan fingerprint density at radius 1 is 1.05 bits per heavy atom. The summed E-state index contributed by atoms with van der Waals surface area (Å²) in [6.45, 7) is 5.42. The lowest BCUT2D eigenvalue weighted by Gasteiger charge is -2.31. The minimum absolute atomic E-state index is 0.00763. The smallest absolute Gasteiger partial charge is 0.252 e. The van der Waals surface area contributed by atoms with Crippen LogP contribution in [-0.4, -0.2) is 66.1 Å². The molecule has 3 aromatic carbocycles. The molecule has 0 bridgehead atoms. The maximum absolute atomic E-state index is 13.9. The number of amides is 1. The van der Waals surface area contributed by atoms with E-state index in [-0.39, 0.29) is 41.6 Å². The molecule has 0 aliphatic carbocycles. The number of aromatic hydroxyl groups is 1. The number of fused-ring (bicyclic) bond motifs is 1. The monoisotopic (exact) mass is 596 g/mol. The second-order valence-corrected chi connectivity index (χ2v) is 13.4. The van der Waals surface area contributed by atoms with Gasteiger partial charge in [-0.1, -0.05) is 61.6 Å². The number of rotatable bonds is 12. The molecule has 4 rings (SSSR count). The fourth-order valence-electron chi connectivity index (χ4n) is 4.60. The standard InChI is InChI=1S/C30H36N4O5S2/c1-19(2)17-34(41(38,39)22-13-14-24-28(16-22)40-30(31-4)33-24)18-27(36)25(15-21-9-6-5-7-10-21)32-29(37)23-11-8-12-26(35)20(23)3/h5-14,16,19,25,27,35-36H,15,17-18H2,1-4H3,(H,31,33)(H,32,37). The summed E-state index contributed by atoms with van der Waals surface area (Å²) in [5.41, 5.74) is 2.27. The average Bonchev–Trinajstić information content (AvgIpc) is 3.37. The van der Waals surface area contributed by atoms with Crippen LogP contribution >= 0.6 is 11.3 Å². The van der Waals surface area contributed by atoms with Gasteiger partial charge in [0.2, 0.25) is 10.0 Å². The summed E-state index contributed by atoms with van der Waals surface area (Å²) in [4.78, 5) is 17.8. The van der Waals surface area contributed by atoms with E-state index in [1.165, 1.54) is 27.8 Å². The molecule has 1 amide bonds. The normalized spacial score (nSPS) is 13.4. The summed E-state index contributed by atoms with van der Waals surface area (Å²) >= 11 is 1.36. The zero-order chi connectivity index (χ0) is 29.7. The third-order valence-corrected chi connectivity index (χ3v) is 9.66. The largest absolute Gasteiger partial charge is 0.508 e. The summed E-state index contributed by atoms with van der Waals surface area (Å²) in [5.74, 6) is -0.489. The van der Waals surface area contributed by atoms with E-state index in [0.717, 1.165) is 10.3 Å². The van der Waals surface area contributed by atoms with Crippen LogP contribution < -0.4 is 10.6 Å². The highest BCUT2D eigenvalue weighted by molar-refractivity contribution is 7.89. The number of hydrogen-bond acceptors (Lipinski definition) is 8. The maximum Gasteiger partial charge on any atom is 0.252 e. The summed E-state index contributed by atoms with van der Waals surface area (Å²) in [6.07, 6.45) is -0.950. The highest BCUT2D eigenvalue weighted by Crippen LogP contribution is 2.29. The molecule has 2 unspecified atom stereocenters. The van der Waals surface area contributed by atoms with Crippen molar-refractivity contribution in [2.75, 3.05) is 25.5 Å². The zero-order valence-electron chi connectivity index (χ0n) is 23.5. The van der Waals surface area contributed by atoms with Crippen LogP contribution in [0.15, 0.2) is 71.6 Å². The molecule has 2 atom stereocenters. The number of carbonyl (C=O) groups excluding carboxylic acids is 1. The van der Waals surface area contributed by atoms with Crippen molar-refractivity contribution in [2.24, 2.45) is 5.92 Å². The molecule has 0 aliphatic rings. The lowest BCUT2D eigenvalue weighted by atomic mass is 9.99. The molecule has 41 heavy (non-hydrogen) atoms. The molecule has 4 N–H and O–H groups in total. The van der Waals surface area contributed by atoms with Crippen molar-refractivity contribution in [3.05, 3.63) is 83.4 Å². The summed E-state index contributed by atoms with van der Waals surface area (Å²) in [7, 11) is -2.24. The van der Waals surface area contributed by atoms with Crippen molar-refractivity contribution in [3.8, 4) is 5.75 Å². The van der Waals surface area contributed by atoms with Gasteiger partial charge >= 0.3 is 0 Å². The number of aliphatic hydroxyl groups excluding tert-OH is 1. The first kappa shape index (κ1) is 30.4. The van der Waals surface area contributed by atoms with Crippen molar-refractivity contribution in [3.63, 3.8) is 0 Å². The third kappa shape index (κ3) is 7.23. The van der Waals surface area contributed by atoms with Gasteiger partial charge in [0.15, 0.2) is 5.13 Å². The summed E-state index contributed by atoms with van der Waals surface area (Å²) in [6, 6.07) is 18.1. The number of nitrogens with zero attached hydrogens (tertiary/aromatic N) is 2. The summed E-state index contributed by atoms with van der Waals surface area (Å²) < 4.78 is 29.8. The van der Waals surface area contributed by atoms with Gasteiger partial charge in [0.25, 0.3) is 5.91 Å². The first-order chi connectivity index (χ1) is 19.5. The molecule has 0 radical (unpaired) electrons. The Morgan fingerprint density at radius 3 is 2.46 bits per heavy atom. The second-order valence-electron chi connectivity index (χ2n) is 10.4. The topological polar surface area (TPSA) is 132 Å². The van der Waals surface area contributed by atoms with Crippen molar-refractivity contribution in [2.45, 2.75) is 44.2 Å². The Bertz CT molecular complexity index is 1610. The van der Waals surface area contributed by atoms with Crippen LogP contribution in [0.5, 0.6) is 5.75 Å². The minimum atomic E-state index is -3.99. The summed E-state index contributed by atoms with van der Waals surface area (Å²) in [5, 5.41) is 28.2. The van der Waals surface area contributed by atoms with Gasteiger partial charge < -0.3 is 20.8 Å². The van der Waals surface area contributed by atoms with Crippen molar-refractivity contribution in [1.82, 2.24) is 14.6 Å². The Hall–Kier alpha value is -3.51. The fraction of sp³-hybridized carbons (Fsp3) is 0.333. The van der Waals surface area contributed by atoms with Gasteiger partial charge in [-0.25, -0.2) is 13.4 Å². The predicted octanol–water partition coefficient (Wildman–Crippen LogP) is 4.40. The number of phenols is 1. The van der Waals surface area contributed by atoms with E-state index in [4.69, 9.17) is 0 Å². The van der Waals surface area contributed by atoms with E-state index in [1.54, 1.807) is 38.2 Å². The number of aromatic nitrogens is 1. The number of phenolic OH excluding ortho intramolecular Hbond substituents is 1. The molecule has 0 saturated carbocycles. The van der Waals surface area contributed by atoms with Gasteiger partial charge in [-0.05, 0) is 55.2 Å². The number of aliphatic hydroxyl groups is 1. The number of thiazole rings is 1. The highest BCUT2D eigenvalue weighted by Gasteiger charge is 2.32. The van der Waals surface area contributed by atoms with E-state index in [0.29, 0.717) is 16.2 Å². The minimum Gasteiger partial charge on any atom is -0.508 e. The number of anilines is 1. The maximum atomic E-state index is 13.9. The Kier molecular flexibility index (Phi) is 9.64. The molecule has 218 valence electrons. The van der Waals surface area contributed by atoms with Crippen LogP contribution in [0.2, 0.25) is 0 Å². The molecular formula is C30H36N4O5S2. The van der Waals surface area contributed by atoms with Crippen molar-refractivity contribution < 1.29 is 23.4 Å². The quantitative estimate of drug-likeness (QED) is 0.191. The van der Waals surface area contributed by atoms with E-state index < -0.39 is 28.1 Å². The zero-order valence-corrected chi connectivity index (χ0v) is 25.2. The number of benzene rings is 3. The Labute approximate surface area is 244 Å². The molecule has 1 heterocycles. The van der Waals surface area contributed by atoms with Gasteiger partial charge in [0.05, 0.1) is 27.3 Å². The van der Waals surface area contributed by atoms with Crippen LogP contribution in [0.3, 0.4) is 0 Å². The molecule has 0 aliphatic heterocycles. The van der Waals surface area contributed by atoms with E-state index in [1.807, 2.05) is 44.2 Å². The number of hydrogen-bond donors (Lipinski definition) is 4. The first-order valence-corrected chi connectivity index (χ1v) is 15.6. The highest BCUT2D eigenvalue weighted by atomic mass is 32.2. The molecule has 11 heteroatoms. The lowest BCUT2D eigenvalue weighted by Crippen LogP contribution is -2.51. The van der Waals surface area contributed by atoms with Gasteiger partial charge in [-0.3, -0.25) is 4.79 Å².